The van der Waals surface area contributed by atoms with Crippen molar-refractivity contribution in [3.8, 4) is 0 Å². The number of halogens is 1. The number of hydrogen-bond acceptors (Lipinski definition) is 8. The fourth-order valence-corrected chi connectivity index (χ4v) is 8.32. The Morgan fingerprint density at radius 2 is 0.839 bits per heavy atom. The van der Waals surface area contributed by atoms with Crippen LogP contribution in [0.15, 0.2) is 114 Å². The Bertz CT molecular complexity index is 1760. The molecule has 2 aliphatic rings. The molecule has 0 radical (unpaired) electrons. The zero-order valence-electron chi connectivity index (χ0n) is 32.9. The van der Waals surface area contributed by atoms with Crippen molar-refractivity contribution in [2.45, 2.75) is 70.9 Å². The van der Waals surface area contributed by atoms with Crippen molar-refractivity contribution >= 4 is 15.9 Å². The number of nitrogens with one attached hydrogen (secondary N) is 4. The molecule has 0 atom stereocenters. The summed E-state index contributed by atoms with van der Waals surface area (Å²) in [5.74, 6) is 0.138. The highest BCUT2D eigenvalue weighted by Gasteiger charge is 2.19. The molecule has 0 saturated carbocycles. The summed E-state index contributed by atoms with van der Waals surface area (Å²) in [7, 11) is 0. The zero-order chi connectivity index (χ0) is 38.2. The van der Waals surface area contributed by atoms with Crippen molar-refractivity contribution in [2.24, 2.45) is 0 Å². The van der Waals surface area contributed by atoms with Crippen LogP contribution in [0.2, 0.25) is 0 Å². The van der Waals surface area contributed by atoms with E-state index in [9.17, 15) is 0 Å². The quantitative estimate of drug-likeness (QED) is 0.127. The van der Waals surface area contributed by atoms with E-state index in [1.165, 1.54) is 27.8 Å². The van der Waals surface area contributed by atoms with Gasteiger partial charge < -0.3 is 21.3 Å². The SMILES string of the molecule is Brc1ccc(C(c2cccc(CN3CCCNCc4cccc(n4)CNCCC3)c2)c2cccc(CN3CCCNCc4cccc(n4)CNCCC3)c2)cc1. The first kappa shape index (κ1) is 40.4. The second kappa shape index (κ2) is 21.6. The van der Waals surface area contributed by atoms with Crippen molar-refractivity contribution in [3.05, 3.63) is 164 Å². The van der Waals surface area contributed by atoms with E-state index in [4.69, 9.17) is 9.97 Å². The normalized spacial score (nSPS) is 17.5. The van der Waals surface area contributed by atoms with Gasteiger partial charge in [0.05, 0.1) is 22.8 Å². The van der Waals surface area contributed by atoms with E-state index in [0.717, 1.165) is 145 Å². The number of rotatable bonds is 7. The molecule has 0 spiro atoms. The maximum atomic E-state index is 4.81. The molecule has 2 aliphatic heterocycles. The first-order valence-electron chi connectivity index (χ1n) is 20.7. The van der Waals surface area contributed by atoms with Crippen LogP contribution in [0.3, 0.4) is 0 Å². The minimum absolute atomic E-state index is 0.138. The zero-order valence-corrected chi connectivity index (χ0v) is 34.5. The van der Waals surface area contributed by atoms with Crippen LogP contribution >= 0.6 is 15.9 Å². The van der Waals surface area contributed by atoms with Crippen LogP contribution in [-0.2, 0) is 39.3 Å². The van der Waals surface area contributed by atoms with E-state index >= 15 is 0 Å². The van der Waals surface area contributed by atoms with E-state index in [0.29, 0.717) is 0 Å². The topological polar surface area (TPSA) is 80.4 Å². The largest absolute Gasteiger partial charge is 0.311 e. The van der Waals surface area contributed by atoms with Crippen LogP contribution in [0.1, 0.15) is 82.2 Å². The smallest absolute Gasteiger partial charge is 0.0545 e. The van der Waals surface area contributed by atoms with E-state index in [1.807, 2.05) is 0 Å². The summed E-state index contributed by atoms with van der Waals surface area (Å²) in [5, 5.41) is 14.5. The highest BCUT2D eigenvalue weighted by molar-refractivity contribution is 9.10. The fourth-order valence-electron chi connectivity index (χ4n) is 8.06. The average Bonchev–Trinajstić information content (AvgIpc) is 3.21. The predicted octanol–water partition coefficient (Wildman–Crippen LogP) is 7.37. The highest BCUT2D eigenvalue weighted by atomic mass is 79.9. The molecule has 0 amide bonds. The summed E-state index contributed by atoms with van der Waals surface area (Å²) in [4.78, 5) is 14.9. The minimum Gasteiger partial charge on any atom is -0.311 e. The summed E-state index contributed by atoms with van der Waals surface area (Å²) >= 11 is 3.69. The third kappa shape index (κ3) is 12.6. The van der Waals surface area contributed by atoms with Crippen LogP contribution < -0.4 is 21.3 Å². The molecule has 0 aliphatic carbocycles. The molecule has 8 nitrogen and oxygen atoms in total. The lowest BCUT2D eigenvalue weighted by molar-refractivity contribution is 0.256. The Hall–Kier alpha value is -3.80. The molecule has 3 aromatic carbocycles. The monoisotopic (exact) mass is 814 g/mol. The maximum Gasteiger partial charge on any atom is 0.0545 e. The Morgan fingerprint density at radius 3 is 1.23 bits per heavy atom. The summed E-state index contributed by atoms with van der Waals surface area (Å²) in [6.45, 7) is 13.4. The number of fused-ring (bicyclic) bond motifs is 4. The van der Waals surface area contributed by atoms with Gasteiger partial charge >= 0.3 is 0 Å². The molecule has 0 fully saturated rings. The van der Waals surface area contributed by atoms with Gasteiger partial charge in [-0.2, -0.15) is 0 Å². The van der Waals surface area contributed by atoms with Crippen molar-refractivity contribution in [1.82, 2.24) is 41.0 Å². The van der Waals surface area contributed by atoms with Crippen LogP contribution in [0, 0.1) is 0 Å². The molecule has 2 aromatic heterocycles. The van der Waals surface area contributed by atoms with Gasteiger partial charge in [0.15, 0.2) is 0 Å². The minimum atomic E-state index is 0.138. The van der Waals surface area contributed by atoms with E-state index in [2.05, 4.69) is 156 Å². The lowest BCUT2D eigenvalue weighted by Gasteiger charge is -2.25. The van der Waals surface area contributed by atoms with Gasteiger partial charge in [0.2, 0.25) is 0 Å². The van der Waals surface area contributed by atoms with Gasteiger partial charge in [-0.15, -0.1) is 0 Å². The second-order valence-corrected chi connectivity index (χ2v) is 16.3. The average molecular weight is 816 g/mol. The van der Waals surface area contributed by atoms with E-state index in [1.54, 1.807) is 0 Å². The summed E-state index contributed by atoms with van der Waals surface area (Å²) < 4.78 is 1.10. The lowest BCUT2D eigenvalue weighted by atomic mass is 9.84. The molecule has 7 rings (SSSR count). The first-order chi connectivity index (χ1) is 27.6. The summed E-state index contributed by atoms with van der Waals surface area (Å²) in [5.41, 5.74) is 11.2. The Morgan fingerprint density at radius 1 is 0.464 bits per heavy atom. The third-order valence-electron chi connectivity index (χ3n) is 10.8. The molecular formula is C47H59BrN8. The molecule has 4 N–H and O–H groups in total. The molecule has 0 unspecified atom stereocenters. The van der Waals surface area contributed by atoms with Gasteiger partial charge in [-0.25, -0.2) is 0 Å². The van der Waals surface area contributed by atoms with Crippen LogP contribution in [0.4, 0.5) is 0 Å². The molecule has 9 heteroatoms. The van der Waals surface area contributed by atoms with E-state index < -0.39 is 0 Å². The van der Waals surface area contributed by atoms with Crippen molar-refractivity contribution in [3.63, 3.8) is 0 Å². The van der Waals surface area contributed by atoms with Crippen LogP contribution in [0.5, 0.6) is 0 Å². The molecular weight excluding hydrogens is 756 g/mol. The van der Waals surface area contributed by atoms with Crippen molar-refractivity contribution in [1.29, 1.82) is 0 Å². The molecule has 294 valence electrons. The van der Waals surface area contributed by atoms with Gasteiger partial charge in [0.25, 0.3) is 0 Å². The van der Waals surface area contributed by atoms with Crippen molar-refractivity contribution < 1.29 is 0 Å². The highest BCUT2D eigenvalue weighted by Crippen LogP contribution is 2.34. The van der Waals surface area contributed by atoms with Gasteiger partial charge in [-0.05, 0) is 142 Å². The molecule has 4 bridgehead atoms. The summed E-state index contributed by atoms with van der Waals surface area (Å²) in [6, 6.07) is 40.4. The Balaban J connectivity index is 1.05. The molecule has 4 heterocycles. The lowest BCUT2D eigenvalue weighted by Crippen LogP contribution is -2.31. The second-order valence-electron chi connectivity index (χ2n) is 15.4. The Kier molecular flexibility index (Phi) is 15.6. The van der Waals surface area contributed by atoms with Gasteiger partial charge in [0.1, 0.15) is 0 Å². The third-order valence-corrected chi connectivity index (χ3v) is 11.4. The summed E-state index contributed by atoms with van der Waals surface area (Å²) in [6.07, 6.45) is 4.43. The van der Waals surface area contributed by atoms with Crippen molar-refractivity contribution in [2.75, 3.05) is 52.4 Å². The standard InChI is InChI=1S/C47H59BrN8/c48-42-19-17-39(18-20-42)47(40-11-1-9-37(29-40)35-55-25-5-21-49-31-43-13-3-14-44(53-43)32-50-22-6-26-55)41-12-2-10-38(30-41)36-56-27-7-23-51-33-45-15-4-16-46(54-45)34-52-24-8-28-56/h1-4,9-20,29-30,47,49-52H,5-8,21-28,31-36H2. The first-order valence-corrected chi connectivity index (χ1v) is 21.5. The van der Waals surface area contributed by atoms with E-state index in [-0.39, 0.29) is 5.92 Å². The molecule has 56 heavy (non-hydrogen) atoms. The Labute approximate surface area is 343 Å². The molecule has 0 saturated heterocycles. The predicted molar refractivity (Wildman–Crippen MR) is 232 cm³/mol. The number of nitrogens with zero attached hydrogens (tertiary/aromatic N) is 4. The fraction of sp³-hybridized carbons (Fsp3) is 0.404. The van der Waals surface area contributed by atoms with Gasteiger partial charge in [-0.3, -0.25) is 19.8 Å². The van der Waals surface area contributed by atoms with Crippen LogP contribution in [-0.4, -0.2) is 72.1 Å². The number of hydrogen-bond donors (Lipinski definition) is 4. The van der Waals surface area contributed by atoms with Crippen LogP contribution in [0.25, 0.3) is 0 Å². The molecule has 5 aromatic rings. The number of aromatic nitrogens is 2. The number of pyridine rings is 2. The maximum absolute atomic E-state index is 4.81. The van der Waals surface area contributed by atoms with Gasteiger partial charge in [0, 0.05) is 49.7 Å². The van der Waals surface area contributed by atoms with Gasteiger partial charge in [-0.1, -0.05) is 88.7 Å². The number of benzene rings is 3.